The molecule has 1 saturated heterocycles. The molecule has 0 spiro atoms. The lowest BCUT2D eigenvalue weighted by Crippen LogP contribution is -2.54. The van der Waals surface area contributed by atoms with Crippen LogP contribution in [-0.4, -0.2) is 70.8 Å². The van der Waals surface area contributed by atoms with Gasteiger partial charge in [-0.25, -0.2) is 0 Å². The normalized spacial score (nSPS) is 14.8. The number of alkyl halides is 3. The molecule has 0 bridgehead atoms. The van der Waals surface area contributed by atoms with Crippen LogP contribution in [0.15, 0.2) is 109 Å². The van der Waals surface area contributed by atoms with E-state index in [2.05, 4.69) is 9.88 Å². The first-order chi connectivity index (χ1) is 22.6. The number of aromatic nitrogens is 1. The van der Waals surface area contributed by atoms with E-state index in [4.69, 9.17) is 0 Å². The number of piperidine rings is 1. The predicted octanol–water partition coefficient (Wildman–Crippen LogP) is 6.97. The predicted molar refractivity (Wildman–Crippen MR) is 178 cm³/mol. The number of hydrogen-bond donors (Lipinski definition) is 0. The molecule has 2 amide bonds. The summed E-state index contributed by atoms with van der Waals surface area (Å²) in [5.74, 6) is -0.524. The number of likely N-dealkylation sites (tertiary alicyclic amines) is 1. The zero-order valence-corrected chi connectivity index (χ0v) is 26.6. The van der Waals surface area contributed by atoms with E-state index < -0.39 is 23.7 Å². The lowest BCUT2D eigenvalue weighted by molar-refractivity contribution is -0.145. The molecular weight excluding hydrogens is 601 g/mol. The average molecular weight is 641 g/mol. The number of nitrogens with zero attached hydrogens (tertiary/aromatic N) is 4. The first kappa shape index (κ1) is 33.6. The number of pyridine rings is 1. The maximum atomic E-state index is 14.3. The van der Waals surface area contributed by atoms with Crippen molar-refractivity contribution in [3.05, 3.63) is 132 Å². The van der Waals surface area contributed by atoms with Crippen molar-refractivity contribution in [1.82, 2.24) is 19.7 Å². The lowest BCUT2D eigenvalue weighted by Gasteiger charge is -2.39. The highest BCUT2D eigenvalue weighted by Gasteiger charge is 2.35. The fraction of sp³-hybridized carbons (Fsp3) is 0.289. The second kappa shape index (κ2) is 15.2. The van der Waals surface area contributed by atoms with Gasteiger partial charge in [0, 0.05) is 49.9 Å². The third-order valence-corrected chi connectivity index (χ3v) is 8.65. The number of carbonyl (C=O) groups excluding carboxylic acids is 2. The van der Waals surface area contributed by atoms with Gasteiger partial charge in [-0.05, 0) is 74.0 Å². The first-order valence-electron chi connectivity index (χ1n) is 15.7. The van der Waals surface area contributed by atoms with Gasteiger partial charge in [-0.3, -0.25) is 14.6 Å². The van der Waals surface area contributed by atoms with E-state index in [-0.39, 0.29) is 12.5 Å². The number of benzene rings is 3. The van der Waals surface area contributed by atoms with Crippen molar-refractivity contribution in [3.63, 3.8) is 0 Å². The van der Waals surface area contributed by atoms with Crippen molar-refractivity contribution in [2.75, 3.05) is 27.2 Å². The molecule has 4 aromatic rings. The second-order valence-corrected chi connectivity index (χ2v) is 12.1. The molecular formula is C38H39F3N4O2. The largest absolute Gasteiger partial charge is 0.416 e. The standard InChI is InChI=1S/C38H39F3N4O2/c1-43(2)33-21-24-44(25-22-33)37(47)35(26-29-8-4-3-5-9-29)45(27-30-11-16-31(17-12-30)34-10-6-7-23-42-34)36(46)20-15-28-13-18-32(19-14-28)38(39,40)41/h3-20,23,33,35H,21-22,24-27H2,1-2H3/t35-/m0/s1. The van der Waals surface area contributed by atoms with E-state index in [1.54, 1.807) is 11.1 Å². The van der Waals surface area contributed by atoms with Crippen molar-refractivity contribution in [2.45, 2.75) is 44.1 Å². The van der Waals surface area contributed by atoms with Crippen LogP contribution in [0.3, 0.4) is 0 Å². The number of amides is 2. The van der Waals surface area contributed by atoms with Crippen LogP contribution in [0, 0.1) is 0 Å². The Labute approximate surface area is 274 Å². The molecule has 1 aliphatic rings. The maximum Gasteiger partial charge on any atom is 0.416 e. The molecule has 1 fully saturated rings. The Bertz CT molecular complexity index is 1630. The summed E-state index contributed by atoms with van der Waals surface area (Å²) in [6.45, 7) is 1.35. The fourth-order valence-corrected chi connectivity index (χ4v) is 5.88. The summed E-state index contributed by atoms with van der Waals surface area (Å²) in [6.07, 6.45) is 2.11. The zero-order valence-electron chi connectivity index (χ0n) is 26.6. The Kier molecular flexibility index (Phi) is 10.9. The Hall–Kier alpha value is -4.76. The van der Waals surface area contributed by atoms with Gasteiger partial charge < -0.3 is 14.7 Å². The highest BCUT2D eigenvalue weighted by Crippen LogP contribution is 2.29. The lowest BCUT2D eigenvalue weighted by atomic mass is 9.98. The van der Waals surface area contributed by atoms with E-state index >= 15 is 0 Å². The van der Waals surface area contributed by atoms with Gasteiger partial charge >= 0.3 is 6.18 Å². The van der Waals surface area contributed by atoms with Crippen LogP contribution in [0.5, 0.6) is 0 Å². The summed E-state index contributed by atoms with van der Waals surface area (Å²) in [5, 5.41) is 0. The van der Waals surface area contributed by atoms with E-state index in [0.29, 0.717) is 31.1 Å². The zero-order chi connectivity index (χ0) is 33.4. The third-order valence-electron chi connectivity index (χ3n) is 8.65. The Morgan fingerprint density at radius 1 is 0.872 bits per heavy atom. The van der Waals surface area contributed by atoms with Crippen molar-refractivity contribution in [2.24, 2.45) is 0 Å². The summed E-state index contributed by atoms with van der Waals surface area (Å²) in [7, 11) is 4.09. The molecule has 6 nitrogen and oxygen atoms in total. The van der Waals surface area contributed by atoms with Gasteiger partial charge in [-0.15, -0.1) is 0 Å². The van der Waals surface area contributed by atoms with Gasteiger partial charge in [-0.1, -0.05) is 72.8 Å². The van der Waals surface area contributed by atoms with Crippen LogP contribution in [0.4, 0.5) is 13.2 Å². The first-order valence-corrected chi connectivity index (χ1v) is 15.7. The molecule has 1 aromatic heterocycles. The van der Waals surface area contributed by atoms with Crippen LogP contribution >= 0.6 is 0 Å². The molecule has 0 N–H and O–H groups in total. The molecule has 2 heterocycles. The van der Waals surface area contributed by atoms with Gasteiger partial charge in [-0.2, -0.15) is 13.2 Å². The number of halogens is 3. The molecule has 9 heteroatoms. The van der Waals surface area contributed by atoms with Crippen LogP contribution < -0.4 is 0 Å². The molecule has 47 heavy (non-hydrogen) atoms. The van der Waals surface area contributed by atoms with Crippen molar-refractivity contribution >= 4 is 17.9 Å². The Morgan fingerprint density at radius 3 is 2.13 bits per heavy atom. The second-order valence-electron chi connectivity index (χ2n) is 12.1. The van der Waals surface area contributed by atoms with Crippen LogP contribution in [0.25, 0.3) is 17.3 Å². The van der Waals surface area contributed by atoms with E-state index in [0.717, 1.165) is 47.4 Å². The summed E-state index contributed by atoms with van der Waals surface area (Å²) in [4.78, 5) is 38.4. The molecule has 0 saturated carbocycles. The van der Waals surface area contributed by atoms with Gasteiger partial charge in [0.05, 0.1) is 11.3 Å². The van der Waals surface area contributed by atoms with E-state index in [1.165, 1.54) is 24.3 Å². The van der Waals surface area contributed by atoms with Crippen LogP contribution in [-0.2, 0) is 28.7 Å². The summed E-state index contributed by atoms with van der Waals surface area (Å²) in [6, 6.07) is 27.3. The molecule has 3 aromatic carbocycles. The number of carbonyl (C=O) groups is 2. The quantitative estimate of drug-likeness (QED) is 0.176. The molecule has 1 aliphatic heterocycles. The fourth-order valence-electron chi connectivity index (χ4n) is 5.88. The molecule has 1 atom stereocenters. The van der Waals surface area contributed by atoms with Gasteiger partial charge in [0.2, 0.25) is 11.8 Å². The minimum Gasteiger partial charge on any atom is -0.341 e. The SMILES string of the molecule is CN(C)C1CCN(C(=O)[C@H](Cc2ccccc2)N(Cc2ccc(-c3ccccn3)cc2)C(=O)C=Cc2ccc(C(F)(F)F)cc2)CC1. The number of hydrogen-bond acceptors (Lipinski definition) is 4. The van der Waals surface area contributed by atoms with Crippen LogP contribution in [0.2, 0.25) is 0 Å². The van der Waals surface area contributed by atoms with Gasteiger partial charge in [0.1, 0.15) is 6.04 Å². The van der Waals surface area contributed by atoms with Crippen molar-refractivity contribution in [1.29, 1.82) is 0 Å². The highest BCUT2D eigenvalue weighted by molar-refractivity contribution is 5.95. The van der Waals surface area contributed by atoms with E-state index in [9.17, 15) is 22.8 Å². The summed E-state index contributed by atoms with van der Waals surface area (Å²) >= 11 is 0. The van der Waals surface area contributed by atoms with Gasteiger partial charge in [0.25, 0.3) is 0 Å². The highest BCUT2D eigenvalue weighted by atomic mass is 19.4. The Morgan fingerprint density at radius 2 is 1.53 bits per heavy atom. The minimum absolute atomic E-state index is 0.118. The molecule has 0 unspecified atom stereocenters. The molecule has 244 valence electrons. The smallest absolute Gasteiger partial charge is 0.341 e. The van der Waals surface area contributed by atoms with Gasteiger partial charge in [0.15, 0.2) is 0 Å². The molecule has 0 radical (unpaired) electrons. The summed E-state index contributed by atoms with van der Waals surface area (Å²) < 4.78 is 39.3. The maximum absolute atomic E-state index is 14.3. The Balaban J connectivity index is 1.46. The third kappa shape index (κ3) is 8.95. The van der Waals surface area contributed by atoms with E-state index in [1.807, 2.05) is 91.8 Å². The van der Waals surface area contributed by atoms with Crippen molar-refractivity contribution in [3.8, 4) is 11.3 Å². The average Bonchev–Trinajstić information content (AvgIpc) is 3.09. The van der Waals surface area contributed by atoms with Crippen molar-refractivity contribution < 1.29 is 22.8 Å². The molecule has 5 rings (SSSR count). The topological polar surface area (TPSA) is 56.8 Å². The van der Waals surface area contributed by atoms with Crippen LogP contribution in [0.1, 0.15) is 35.1 Å². The summed E-state index contributed by atoms with van der Waals surface area (Å²) in [5.41, 5.74) is 3.19. The monoisotopic (exact) mass is 640 g/mol. The molecule has 0 aliphatic carbocycles. The minimum atomic E-state index is -4.45. The number of rotatable bonds is 10.